The van der Waals surface area contributed by atoms with Gasteiger partial charge in [-0.1, -0.05) is 18.7 Å². The molecule has 0 N–H and O–H groups in total. The highest BCUT2D eigenvalue weighted by molar-refractivity contribution is 7.17. The number of alkyl halides is 1. The van der Waals surface area contributed by atoms with Crippen molar-refractivity contribution in [2.75, 3.05) is 44.2 Å². The van der Waals surface area contributed by atoms with Crippen LogP contribution >= 0.6 is 11.3 Å². The molecule has 0 unspecified atom stereocenters. The van der Waals surface area contributed by atoms with Crippen molar-refractivity contribution in [1.82, 2.24) is 19.8 Å². The van der Waals surface area contributed by atoms with Gasteiger partial charge in [0.25, 0.3) is 5.91 Å². The number of aromatic nitrogens is 2. The van der Waals surface area contributed by atoms with Crippen LogP contribution in [-0.4, -0.2) is 88.9 Å². The molecule has 9 nitrogen and oxygen atoms in total. The summed E-state index contributed by atoms with van der Waals surface area (Å²) in [7, 11) is 0. The maximum absolute atomic E-state index is 15.2. The molecule has 254 valence electrons. The molecule has 3 aliphatic heterocycles. The average Bonchev–Trinajstić information content (AvgIpc) is 3.59. The summed E-state index contributed by atoms with van der Waals surface area (Å²) in [6, 6.07) is 11.0. The van der Waals surface area contributed by atoms with Gasteiger partial charge in [-0.05, 0) is 56.0 Å². The first-order valence-electron chi connectivity index (χ1n) is 16.7. The van der Waals surface area contributed by atoms with Gasteiger partial charge in [-0.2, -0.15) is 15.2 Å². The van der Waals surface area contributed by atoms with E-state index in [1.807, 2.05) is 35.2 Å². The minimum absolute atomic E-state index is 0.0129. The number of benzene rings is 2. The first-order valence-corrected chi connectivity index (χ1v) is 17.6. The largest absolute Gasteiger partial charge is 0.487 e. The minimum Gasteiger partial charge on any atom is -0.487 e. The molecule has 8 rings (SSSR count). The van der Waals surface area contributed by atoms with Gasteiger partial charge in [-0.3, -0.25) is 9.69 Å². The number of halogens is 3. The Bertz CT molecular complexity index is 2010. The summed E-state index contributed by atoms with van der Waals surface area (Å²) in [5.74, 6) is -1.21. The third-order valence-corrected chi connectivity index (χ3v) is 11.2. The summed E-state index contributed by atoms with van der Waals surface area (Å²) in [6.45, 7) is 5.24. The predicted octanol–water partition coefficient (Wildman–Crippen LogP) is 6.56. The normalized spacial score (nSPS) is 24.0. The summed E-state index contributed by atoms with van der Waals surface area (Å²) < 4.78 is 57.6. The fourth-order valence-corrected chi connectivity index (χ4v) is 8.63. The Balaban J connectivity index is 1.26. The SMILES string of the molecule is C=C(F)C(=O)N1CCN(c2nc(OC[C@@]34CCCN3C[C@H](F)C4)nc3c(OC4CC4)c(-c4cccc5scc(F)c45)ccc23)C[C@@H]1CC#N. The molecule has 3 atom stereocenters. The van der Waals surface area contributed by atoms with Crippen LogP contribution in [0.1, 0.15) is 38.5 Å². The smallest absolute Gasteiger partial charge is 0.319 e. The van der Waals surface area contributed by atoms with Crippen molar-refractivity contribution in [1.29, 1.82) is 5.26 Å². The number of nitriles is 1. The number of carbonyl (C=O) groups is 1. The lowest BCUT2D eigenvalue weighted by Crippen LogP contribution is -2.55. The fraction of sp³-hybridized carbons (Fsp3) is 0.444. The van der Waals surface area contributed by atoms with E-state index in [9.17, 15) is 18.8 Å². The topological polar surface area (TPSA) is 94.8 Å². The third kappa shape index (κ3) is 5.74. The highest BCUT2D eigenvalue weighted by Crippen LogP contribution is 2.46. The molecule has 4 aliphatic rings. The van der Waals surface area contributed by atoms with Gasteiger partial charge in [0.15, 0.2) is 11.6 Å². The molecule has 0 radical (unpaired) electrons. The van der Waals surface area contributed by atoms with Crippen LogP contribution in [0, 0.1) is 17.1 Å². The molecular weight excluding hydrogens is 653 g/mol. The van der Waals surface area contributed by atoms with E-state index in [1.54, 1.807) is 0 Å². The predicted molar refractivity (Wildman–Crippen MR) is 181 cm³/mol. The van der Waals surface area contributed by atoms with Crippen LogP contribution in [0.25, 0.3) is 32.1 Å². The van der Waals surface area contributed by atoms with Crippen LogP contribution in [0.2, 0.25) is 0 Å². The second kappa shape index (κ2) is 12.5. The van der Waals surface area contributed by atoms with E-state index in [-0.39, 0.29) is 44.0 Å². The number of anilines is 1. The van der Waals surface area contributed by atoms with E-state index in [1.165, 1.54) is 21.6 Å². The Morgan fingerprint density at radius 3 is 2.80 bits per heavy atom. The van der Waals surface area contributed by atoms with Crippen molar-refractivity contribution in [2.45, 2.75) is 62.4 Å². The maximum atomic E-state index is 15.2. The van der Waals surface area contributed by atoms with Crippen LogP contribution in [-0.2, 0) is 4.79 Å². The summed E-state index contributed by atoms with van der Waals surface area (Å²) in [6.07, 6.45) is 2.96. The molecule has 49 heavy (non-hydrogen) atoms. The second-order valence-electron chi connectivity index (χ2n) is 13.5. The van der Waals surface area contributed by atoms with Gasteiger partial charge in [0.1, 0.15) is 29.9 Å². The highest BCUT2D eigenvalue weighted by Gasteiger charge is 2.49. The summed E-state index contributed by atoms with van der Waals surface area (Å²) in [5.41, 5.74) is 1.43. The van der Waals surface area contributed by atoms with Crippen LogP contribution in [0.15, 0.2) is 48.1 Å². The van der Waals surface area contributed by atoms with Gasteiger partial charge in [0.2, 0.25) is 0 Å². The van der Waals surface area contributed by atoms with Crippen molar-refractivity contribution in [3.8, 4) is 29.0 Å². The number of rotatable bonds is 9. The van der Waals surface area contributed by atoms with Crippen LogP contribution in [0.3, 0.4) is 0 Å². The summed E-state index contributed by atoms with van der Waals surface area (Å²) in [5, 5.41) is 12.3. The number of carbonyl (C=O) groups excluding carboxylic acids is 1. The molecule has 13 heteroatoms. The zero-order valence-corrected chi connectivity index (χ0v) is 27.7. The first kappa shape index (κ1) is 31.8. The van der Waals surface area contributed by atoms with Gasteiger partial charge in [0.05, 0.1) is 30.2 Å². The van der Waals surface area contributed by atoms with Gasteiger partial charge in [-0.15, -0.1) is 11.3 Å². The molecule has 2 aromatic heterocycles. The van der Waals surface area contributed by atoms with E-state index in [4.69, 9.17) is 19.4 Å². The third-order valence-electron chi connectivity index (χ3n) is 10.3. The molecule has 0 bridgehead atoms. The fourth-order valence-electron chi connectivity index (χ4n) is 7.80. The molecular formula is C36H35F3N6O3S. The van der Waals surface area contributed by atoms with Crippen molar-refractivity contribution < 1.29 is 27.4 Å². The van der Waals surface area contributed by atoms with E-state index in [0.29, 0.717) is 58.5 Å². The van der Waals surface area contributed by atoms with Crippen molar-refractivity contribution in [3.05, 3.63) is 53.9 Å². The molecule has 2 aromatic carbocycles. The van der Waals surface area contributed by atoms with Crippen molar-refractivity contribution >= 4 is 44.1 Å². The zero-order chi connectivity index (χ0) is 33.9. The number of amides is 1. The lowest BCUT2D eigenvalue weighted by Gasteiger charge is -2.41. The van der Waals surface area contributed by atoms with Gasteiger partial charge in [0, 0.05) is 59.0 Å². The highest BCUT2D eigenvalue weighted by atomic mass is 32.1. The summed E-state index contributed by atoms with van der Waals surface area (Å²) in [4.78, 5) is 27.9. The molecule has 1 aliphatic carbocycles. The van der Waals surface area contributed by atoms with Crippen molar-refractivity contribution in [3.63, 3.8) is 0 Å². The number of hydrogen-bond donors (Lipinski definition) is 0. The van der Waals surface area contributed by atoms with Crippen LogP contribution in [0.4, 0.5) is 19.0 Å². The molecule has 5 heterocycles. The second-order valence-corrected chi connectivity index (χ2v) is 14.4. The standard InChI is InChI=1S/C36H35F3N6O3S/c1-21(37)34(46)45-15-14-43(18-23(45)10-12-40)33-27-9-8-26(25-4-2-5-29-30(25)28(39)19-49-29)32(48-24-6-7-24)31(27)41-35(42-33)47-20-36-11-3-13-44(36)17-22(38)16-36/h2,4-5,8-9,19,22-24H,1,3,6-7,10-11,13-18,20H2/t22-,23+,36+/m1/s1. The minimum atomic E-state index is -1.08. The Labute approximate surface area is 285 Å². The molecule has 4 fully saturated rings. The van der Waals surface area contributed by atoms with E-state index < -0.39 is 29.5 Å². The molecule has 3 saturated heterocycles. The monoisotopic (exact) mass is 688 g/mol. The lowest BCUT2D eigenvalue weighted by molar-refractivity contribution is -0.131. The number of thiophene rings is 1. The van der Waals surface area contributed by atoms with E-state index in [0.717, 1.165) is 36.9 Å². The number of hydrogen-bond acceptors (Lipinski definition) is 9. The van der Waals surface area contributed by atoms with Gasteiger partial charge < -0.3 is 19.3 Å². The first-order chi connectivity index (χ1) is 23.7. The quantitative estimate of drug-likeness (QED) is 0.183. The number of piperazine rings is 1. The molecule has 1 saturated carbocycles. The molecule has 0 spiro atoms. The molecule has 4 aromatic rings. The van der Waals surface area contributed by atoms with Crippen LogP contribution in [0.5, 0.6) is 11.8 Å². The van der Waals surface area contributed by atoms with E-state index >= 15 is 4.39 Å². The van der Waals surface area contributed by atoms with Crippen molar-refractivity contribution in [2.24, 2.45) is 0 Å². The summed E-state index contributed by atoms with van der Waals surface area (Å²) >= 11 is 1.34. The van der Waals surface area contributed by atoms with Gasteiger partial charge in [-0.25, -0.2) is 13.2 Å². The maximum Gasteiger partial charge on any atom is 0.319 e. The zero-order valence-electron chi connectivity index (χ0n) is 26.8. The van der Waals surface area contributed by atoms with Crippen LogP contribution < -0.4 is 14.4 Å². The Morgan fingerprint density at radius 1 is 1.14 bits per heavy atom. The lowest BCUT2D eigenvalue weighted by atomic mass is 9.95. The number of nitrogens with zero attached hydrogens (tertiary/aromatic N) is 6. The Kier molecular flexibility index (Phi) is 8.11. The number of ether oxygens (including phenoxy) is 2. The van der Waals surface area contributed by atoms with E-state index in [2.05, 4.69) is 17.5 Å². The Hall–Kier alpha value is -4.41. The average molecular weight is 689 g/mol. The number of fused-ring (bicyclic) bond motifs is 3. The Morgan fingerprint density at radius 2 is 2.00 bits per heavy atom. The molecule has 1 amide bonds. The van der Waals surface area contributed by atoms with Gasteiger partial charge >= 0.3 is 6.01 Å².